The van der Waals surface area contributed by atoms with E-state index in [-0.39, 0.29) is 12.3 Å². The van der Waals surface area contributed by atoms with Crippen LogP contribution in [0.3, 0.4) is 0 Å². The van der Waals surface area contributed by atoms with E-state index in [0.717, 1.165) is 28.4 Å². The summed E-state index contributed by atoms with van der Waals surface area (Å²) in [6, 6.07) is 5.73. The highest BCUT2D eigenvalue weighted by Crippen LogP contribution is 2.30. The zero-order valence-electron chi connectivity index (χ0n) is 11.4. The van der Waals surface area contributed by atoms with Gasteiger partial charge >= 0.3 is 5.97 Å². The number of amides is 1. The molecule has 1 saturated carbocycles. The second-order valence-electron chi connectivity index (χ2n) is 5.37. The highest BCUT2D eigenvalue weighted by atomic mass is 79.9. The third kappa shape index (κ3) is 3.03. The summed E-state index contributed by atoms with van der Waals surface area (Å²) in [7, 11) is 0. The number of carboxylic acids is 1. The first-order valence-corrected chi connectivity index (χ1v) is 7.52. The number of hydrogen-bond acceptors (Lipinski definition) is 2. The molecule has 1 aromatic rings. The van der Waals surface area contributed by atoms with Crippen molar-refractivity contribution in [3.8, 4) is 0 Å². The van der Waals surface area contributed by atoms with Crippen LogP contribution in [0, 0.1) is 6.92 Å². The third-order valence-corrected chi connectivity index (χ3v) is 5.00. The molecule has 0 spiro atoms. The van der Waals surface area contributed by atoms with Gasteiger partial charge in [0, 0.05) is 4.47 Å². The SMILES string of the molecule is Cc1cccc(CC(=O)NC2(C(=O)O)CCCC2)c1Br. The first-order valence-electron chi connectivity index (χ1n) is 6.73. The van der Waals surface area contributed by atoms with Gasteiger partial charge in [0.25, 0.3) is 0 Å². The standard InChI is InChI=1S/C15H18BrNO3/c1-10-5-4-6-11(13(10)16)9-12(18)17-15(14(19)20)7-2-3-8-15/h4-6H,2-3,7-9H2,1H3,(H,17,18)(H,19,20). The Labute approximate surface area is 126 Å². The van der Waals surface area contributed by atoms with Crippen LogP contribution in [0.5, 0.6) is 0 Å². The summed E-state index contributed by atoms with van der Waals surface area (Å²) in [5, 5.41) is 12.1. The number of carboxylic acid groups (broad SMARTS) is 1. The van der Waals surface area contributed by atoms with E-state index in [2.05, 4.69) is 21.2 Å². The molecular formula is C15H18BrNO3. The van der Waals surface area contributed by atoms with E-state index in [0.29, 0.717) is 12.8 Å². The van der Waals surface area contributed by atoms with Gasteiger partial charge in [-0.25, -0.2) is 4.79 Å². The number of nitrogens with one attached hydrogen (secondary N) is 1. The average molecular weight is 340 g/mol. The van der Waals surface area contributed by atoms with Gasteiger partial charge in [0.2, 0.25) is 5.91 Å². The highest BCUT2D eigenvalue weighted by Gasteiger charge is 2.42. The fourth-order valence-corrected chi connectivity index (χ4v) is 3.10. The Morgan fingerprint density at radius 3 is 2.60 bits per heavy atom. The molecule has 1 aromatic carbocycles. The Hall–Kier alpha value is -1.36. The molecule has 0 saturated heterocycles. The van der Waals surface area contributed by atoms with Crippen molar-refractivity contribution in [1.82, 2.24) is 5.32 Å². The number of rotatable bonds is 4. The van der Waals surface area contributed by atoms with Gasteiger partial charge in [-0.05, 0) is 30.9 Å². The van der Waals surface area contributed by atoms with Gasteiger partial charge in [0.05, 0.1) is 6.42 Å². The quantitative estimate of drug-likeness (QED) is 0.886. The van der Waals surface area contributed by atoms with Crippen molar-refractivity contribution >= 4 is 27.8 Å². The molecule has 1 aliphatic carbocycles. The molecule has 2 N–H and O–H groups in total. The summed E-state index contributed by atoms with van der Waals surface area (Å²) in [5.41, 5.74) is 0.873. The number of carbonyl (C=O) groups is 2. The number of aliphatic carboxylic acids is 1. The summed E-state index contributed by atoms with van der Waals surface area (Å²) in [5.74, 6) is -1.16. The topological polar surface area (TPSA) is 66.4 Å². The van der Waals surface area contributed by atoms with Gasteiger partial charge in [-0.1, -0.05) is 47.0 Å². The van der Waals surface area contributed by atoms with Gasteiger partial charge in [-0.15, -0.1) is 0 Å². The lowest BCUT2D eigenvalue weighted by atomic mass is 9.97. The Kier molecular flexibility index (Phi) is 4.48. The largest absolute Gasteiger partial charge is 0.480 e. The molecule has 0 bridgehead atoms. The summed E-state index contributed by atoms with van der Waals surface area (Å²) in [4.78, 5) is 23.6. The van der Waals surface area contributed by atoms with Crippen LogP contribution in [0.25, 0.3) is 0 Å². The predicted octanol–water partition coefficient (Wildman–Crippen LogP) is 2.81. The summed E-state index contributed by atoms with van der Waals surface area (Å²) in [6.45, 7) is 1.96. The molecule has 0 atom stereocenters. The summed E-state index contributed by atoms with van der Waals surface area (Å²) < 4.78 is 0.908. The molecule has 0 heterocycles. The number of aryl methyl sites for hydroxylation is 1. The van der Waals surface area contributed by atoms with Crippen LogP contribution in [0.2, 0.25) is 0 Å². The maximum Gasteiger partial charge on any atom is 0.329 e. The minimum atomic E-state index is -1.06. The first-order chi connectivity index (χ1) is 9.44. The monoisotopic (exact) mass is 339 g/mol. The van der Waals surface area contributed by atoms with E-state index in [1.165, 1.54) is 0 Å². The van der Waals surface area contributed by atoms with Crippen LogP contribution >= 0.6 is 15.9 Å². The van der Waals surface area contributed by atoms with Gasteiger partial charge in [-0.3, -0.25) is 4.79 Å². The van der Waals surface area contributed by atoms with E-state index >= 15 is 0 Å². The lowest BCUT2D eigenvalue weighted by Crippen LogP contribution is -2.52. The van der Waals surface area contributed by atoms with E-state index in [9.17, 15) is 14.7 Å². The number of halogens is 1. The number of benzene rings is 1. The Bertz CT molecular complexity index is 536. The minimum Gasteiger partial charge on any atom is -0.480 e. The second-order valence-corrected chi connectivity index (χ2v) is 6.16. The molecule has 2 rings (SSSR count). The van der Waals surface area contributed by atoms with Crippen molar-refractivity contribution in [3.05, 3.63) is 33.8 Å². The van der Waals surface area contributed by atoms with Crippen molar-refractivity contribution in [2.24, 2.45) is 0 Å². The van der Waals surface area contributed by atoms with E-state index < -0.39 is 11.5 Å². The predicted molar refractivity (Wildman–Crippen MR) is 79.6 cm³/mol. The van der Waals surface area contributed by atoms with Gasteiger partial charge < -0.3 is 10.4 Å². The van der Waals surface area contributed by atoms with Crippen molar-refractivity contribution in [2.75, 3.05) is 0 Å². The maximum absolute atomic E-state index is 12.1. The van der Waals surface area contributed by atoms with E-state index in [1.54, 1.807) is 0 Å². The molecule has 108 valence electrons. The van der Waals surface area contributed by atoms with Gasteiger partial charge in [0.1, 0.15) is 5.54 Å². The minimum absolute atomic E-state index is 0.192. The van der Waals surface area contributed by atoms with E-state index in [1.807, 2.05) is 25.1 Å². The van der Waals surface area contributed by atoms with Crippen LogP contribution in [0.1, 0.15) is 36.8 Å². The normalized spacial score (nSPS) is 16.9. The van der Waals surface area contributed by atoms with Crippen LogP contribution < -0.4 is 5.32 Å². The van der Waals surface area contributed by atoms with Crippen LogP contribution in [-0.2, 0) is 16.0 Å². The molecule has 1 aliphatic rings. The second kappa shape index (κ2) is 5.95. The molecule has 0 unspecified atom stereocenters. The lowest BCUT2D eigenvalue weighted by Gasteiger charge is -2.25. The highest BCUT2D eigenvalue weighted by molar-refractivity contribution is 9.10. The van der Waals surface area contributed by atoms with Crippen LogP contribution in [-0.4, -0.2) is 22.5 Å². The van der Waals surface area contributed by atoms with Crippen molar-refractivity contribution in [3.63, 3.8) is 0 Å². The molecular weight excluding hydrogens is 322 g/mol. The molecule has 0 radical (unpaired) electrons. The number of carbonyl (C=O) groups excluding carboxylic acids is 1. The zero-order chi connectivity index (χ0) is 14.8. The summed E-state index contributed by atoms with van der Waals surface area (Å²) in [6.07, 6.45) is 2.92. The van der Waals surface area contributed by atoms with E-state index in [4.69, 9.17) is 0 Å². The molecule has 0 aliphatic heterocycles. The maximum atomic E-state index is 12.1. The molecule has 20 heavy (non-hydrogen) atoms. The molecule has 5 heteroatoms. The smallest absolute Gasteiger partial charge is 0.329 e. The lowest BCUT2D eigenvalue weighted by molar-refractivity contribution is -0.147. The Morgan fingerprint density at radius 1 is 1.35 bits per heavy atom. The van der Waals surface area contributed by atoms with Crippen LogP contribution in [0.15, 0.2) is 22.7 Å². The van der Waals surface area contributed by atoms with Crippen molar-refractivity contribution in [1.29, 1.82) is 0 Å². The molecule has 0 aromatic heterocycles. The number of hydrogen-bond donors (Lipinski definition) is 2. The third-order valence-electron chi connectivity index (χ3n) is 3.87. The first kappa shape index (κ1) is 15.0. The molecule has 1 fully saturated rings. The van der Waals surface area contributed by atoms with Crippen molar-refractivity contribution in [2.45, 2.75) is 44.6 Å². The molecule has 4 nitrogen and oxygen atoms in total. The fourth-order valence-electron chi connectivity index (χ4n) is 2.70. The summed E-state index contributed by atoms with van der Waals surface area (Å²) >= 11 is 3.47. The van der Waals surface area contributed by atoms with Gasteiger partial charge in [-0.2, -0.15) is 0 Å². The Morgan fingerprint density at radius 2 is 2.00 bits per heavy atom. The van der Waals surface area contributed by atoms with Crippen LogP contribution in [0.4, 0.5) is 0 Å². The Balaban J connectivity index is 2.09. The van der Waals surface area contributed by atoms with Gasteiger partial charge in [0.15, 0.2) is 0 Å². The van der Waals surface area contributed by atoms with Crippen molar-refractivity contribution < 1.29 is 14.7 Å². The average Bonchev–Trinajstić information content (AvgIpc) is 2.85. The molecule has 1 amide bonds. The fraction of sp³-hybridized carbons (Fsp3) is 0.467. The zero-order valence-corrected chi connectivity index (χ0v) is 13.0.